The van der Waals surface area contributed by atoms with Crippen LogP contribution in [0.2, 0.25) is 0 Å². The van der Waals surface area contributed by atoms with Crippen molar-refractivity contribution in [3.8, 4) is 0 Å². The Balaban J connectivity index is 2.25. The van der Waals surface area contributed by atoms with Gasteiger partial charge in [0.15, 0.2) is 0 Å². The fourth-order valence-electron chi connectivity index (χ4n) is 1.39. The molecule has 0 saturated carbocycles. The van der Waals surface area contributed by atoms with Crippen LogP contribution in [-0.4, -0.2) is 6.04 Å². The van der Waals surface area contributed by atoms with Gasteiger partial charge >= 0.3 is 0 Å². The number of azide groups is 1. The summed E-state index contributed by atoms with van der Waals surface area (Å²) in [5.41, 5.74) is 9.56. The first-order valence-electron chi connectivity index (χ1n) is 4.91. The molecule has 3 nitrogen and oxygen atoms in total. The van der Waals surface area contributed by atoms with E-state index in [-0.39, 0.29) is 6.04 Å². The van der Waals surface area contributed by atoms with E-state index in [9.17, 15) is 0 Å². The zero-order chi connectivity index (χ0) is 10.2. The van der Waals surface area contributed by atoms with Gasteiger partial charge in [0.25, 0.3) is 0 Å². The molecule has 0 bridgehead atoms. The fraction of sp³-hybridized carbons (Fsp3) is 0.455. The van der Waals surface area contributed by atoms with Gasteiger partial charge in [0.1, 0.15) is 0 Å². The minimum atomic E-state index is 0.115. The first-order chi connectivity index (χ1) is 6.83. The second-order valence-corrected chi connectivity index (χ2v) is 3.43. The summed E-state index contributed by atoms with van der Waals surface area (Å²) in [6.07, 6.45) is 3.09. The lowest BCUT2D eigenvalue weighted by Gasteiger charge is -2.03. The Morgan fingerprint density at radius 2 is 2.07 bits per heavy atom. The Hall–Kier alpha value is -1.47. The smallest absolute Gasteiger partial charge is 0.0345 e. The number of benzene rings is 1. The van der Waals surface area contributed by atoms with Gasteiger partial charge < -0.3 is 0 Å². The maximum atomic E-state index is 8.21. The number of hydrogen-bond donors (Lipinski definition) is 0. The summed E-state index contributed by atoms with van der Waals surface area (Å²) in [6.45, 7) is 1.95. The van der Waals surface area contributed by atoms with Gasteiger partial charge in [-0.1, -0.05) is 42.4 Å². The lowest BCUT2D eigenvalue weighted by Crippen LogP contribution is -1.97. The third-order valence-corrected chi connectivity index (χ3v) is 2.18. The van der Waals surface area contributed by atoms with E-state index in [0.29, 0.717) is 0 Å². The Labute approximate surface area is 84.4 Å². The highest BCUT2D eigenvalue weighted by molar-refractivity contribution is 5.14. The largest absolute Gasteiger partial charge is 0.0909 e. The minimum absolute atomic E-state index is 0.115. The number of aryl methyl sites for hydroxylation is 1. The maximum absolute atomic E-state index is 8.21. The molecule has 1 unspecified atom stereocenters. The molecule has 0 spiro atoms. The van der Waals surface area contributed by atoms with Crippen molar-refractivity contribution in [1.29, 1.82) is 0 Å². The molecule has 0 aromatic heterocycles. The molecule has 0 aliphatic carbocycles. The third-order valence-electron chi connectivity index (χ3n) is 2.18. The van der Waals surface area contributed by atoms with Crippen molar-refractivity contribution < 1.29 is 0 Å². The zero-order valence-corrected chi connectivity index (χ0v) is 8.43. The van der Waals surface area contributed by atoms with E-state index >= 15 is 0 Å². The van der Waals surface area contributed by atoms with Gasteiger partial charge in [-0.25, -0.2) is 0 Å². The first kappa shape index (κ1) is 10.6. The normalized spacial score (nSPS) is 11.8. The molecular formula is C11H15N3. The van der Waals surface area contributed by atoms with Crippen LogP contribution in [0.5, 0.6) is 0 Å². The van der Waals surface area contributed by atoms with Crippen LogP contribution in [0, 0.1) is 0 Å². The molecule has 0 radical (unpaired) electrons. The molecular weight excluding hydrogens is 174 g/mol. The second-order valence-electron chi connectivity index (χ2n) is 3.43. The number of rotatable bonds is 5. The van der Waals surface area contributed by atoms with Gasteiger partial charge in [-0.15, -0.1) is 0 Å². The van der Waals surface area contributed by atoms with Gasteiger partial charge in [-0.3, -0.25) is 0 Å². The van der Waals surface area contributed by atoms with E-state index in [1.165, 1.54) is 5.56 Å². The van der Waals surface area contributed by atoms with Gasteiger partial charge in [0.05, 0.1) is 0 Å². The summed E-state index contributed by atoms with van der Waals surface area (Å²) in [4.78, 5) is 2.79. The Morgan fingerprint density at radius 1 is 1.36 bits per heavy atom. The fourth-order valence-corrected chi connectivity index (χ4v) is 1.39. The Bertz CT molecular complexity index is 302. The van der Waals surface area contributed by atoms with E-state index in [4.69, 9.17) is 5.53 Å². The molecule has 1 atom stereocenters. The molecule has 0 aliphatic rings. The molecule has 1 aromatic rings. The molecule has 0 heterocycles. The van der Waals surface area contributed by atoms with Crippen molar-refractivity contribution in [1.82, 2.24) is 0 Å². The van der Waals surface area contributed by atoms with Gasteiger partial charge in [0, 0.05) is 11.0 Å². The molecule has 1 aromatic carbocycles. The molecule has 0 N–H and O–H groups in total. The van der Waals surface area contributed by atoms with E-state index in [1.54, 1.807) is 0 Å². The van der Waals surface area contributed by atoms with Gasteiger partial charge in [0.2, 0.25) is 0 Å². The van der Waals surface area contributed by atoms with Crippen LogP contribution in [0.1, 0.15) is 25.3 Å². The van der Waals surface area contributed by atoms with Crippen molar-refractivity contribution in [2.24, 2.45) is 5.11 Å². The molecule has 74 valence electrons. The van der Waals surface area contributed by atoms with Crippen LogP contribution < -0.4 is 0 Å². The summed E-state index contributed by atoms with van der Waals surface area (Å²) in [5.74, 6) is 0. The highest BCUT2D eigenvalue weighted by Gasteiger charge is 1.98. The summed E-state index contributed by atoms with van der Waals surface area (Å²) in [7, 11) is 0. The van der Waals surface area contributed by atoms with Crippen molar-refractivity contribution in [3.05, 3.63) is 46.3 Å². The average molecular weight is 189 g/mol. The van der Waals surface area contributed by atoms with Crippen molar-refractivity contribution in [3.63, 3.8) is 0 Å². The second kappa shape index (κ2) is 6.06. The standard InChI is InChI=1S/C11H15N3/c1-10(13-14-12)6-5-9-11-7-3-2-4-8-11/h2-4,7-8,10H,5-6,9H2,1H3. The first-order valence-corrected chi connectivity index (χ1v) is 4.91. The molecule has 0 amide bonds. The van der Waals surface area contributed by atoms with Crippen LogP contribution >= 0.6 is 0 Å². The molecule has 0 aliphatic heterocycles. The lowest BCUT2D eigenvalue weighted by atomic mass is 10.1. The van der Waals surface area contributed by atoms with Crippen molar-refractivity contribution in [2.45, 2.75) is 32.2 Å². The maximum Gasteiger partial charge on any atom is 0.0345 e. The third kappa shape index (κ3) is 3.97. The minimum Gasteiger partial charge on any atom is -0.0909 e. The Morgan fingerprint density at radius 3 is 2.71 bits per heavy atom. The predicted molar refractivity (Wildman–Crippen MR) is 58.0 cm³/mol. The van der Waals surface area contributed by atoms with E-state index < -0.39 is 0 Å². The number of hydrogen-bond acceptors (Lipinski definition) is 1. The zero-order valence-electron chi connectivity index (χ0n) is 8.43. The lowest BCUT2D eigenvalue weighted by molar-refractivity contribution is 0.621. The van der Waals surface area contributed by atoms with Crippen molar-refractivity contribution >= 4 is 0 Å². The van der Waals surface area contributed by atoms with Crippen molar-refractivity contribution in [2.75, 3.05) is 0 Å². The summed E-state index contributed by atoms with van der Waals surface area (Å²) in [6, 6.07) is 10.5. The Kier molecular flexibility index (Phi) is 4.59. The van der Waals surface area contributed by atoms with E-state index in [0.717, 1.165) is 19.3 Å². The van der Waals surface area contributed by atoms with Crippen LogP contribution in [-0.2, 0) is 6.42 Å². The van der Waals surface area contributed by atoms with Gasteiger partial charge in [-0.2, -0.15) is 0 Å². The monoisotopic (exact) mass is 189 g/mol. The van der Waals surface area contributed by atoms with Crippen LogP contribution in [0.3, 0.4) is 0 Å². The summed E-state index contributed by atoms with van der Waals surface area (Å²) < 4.78 is 0. The average Bonchev–Trinajstić information content (AvgIpc) is 2.20. The topological polar surface area (TPSA) is 48.8 Å². The molecule has 3 heteroatoms. The van der Waals surface area contributed by atoms with E-state index in [2.05, 4.69) is 22.2 Å². The highest BCUT2D eigenvalue weighted by Crippen LogP contribution is 2.07. The van der Waals surface area contributed by atoms with Crippen LogP contribution in [0.25, 0.3) is 10.4 Å². The van der Waals surface area contributed by atoms with E-state index in [1.807, 2.05) is 25.1 Å². The predicted octanol–water partition coefficient (Wildman–Crippen LogP) is 3.71. The molecule has 0 fully saturated rings. The summed E-state index contributed by atoms with van der Waals surface area (Å²) >= 11 is 0. The highest BCUT2D eigenvalue weighted by atomic mass is 15.1. The van der Waals surface area contributed by atoms with Crippen LogP contribution in [0.4, 0.5) is 0 Å². The number of nitrogens with zero attached hydrogens (tertiary/aromatic N) is 3. The van der Waals surface area contributed by atoms with Gasteiger partial charge in [-0.05, 0) is 30.4 Å². The summed E-state index contributed by atoms with van der Waals surface area (Å²) in [5, 5.41) is 3.64. The SMILES string of the molecule is CC(CCCc1ccccc1)N=[N+]=[N-]. The molecule has 0 saturated heterocycles. The quantitative estimate of drug-likeness (QED) is 0.385. The molecule has 1 rings (SSSR count). The van der Waals surface area contributed by atoms with Crippen LogP contribution in [0.15, 0.2) is 35.4 Å². The molecule has 14 heavy (non-hydrogen) atoms.